The van der Waals surface area contributed by atoms with E-state index in [1.165, 1.54) is 16.2 Å². The smallest absolute Gasteiger partial charge is 0.301 e. The Morgan fingerprint density at radius 3 is 2.39 bits per heavy atom. The number of rotatable bonds is 10. The van der Waals surface area contributed by atoms with E-state index in [9.17, 15) is 14.7 Å². The first kappa shape index (κ1) is 28.4. The number of amides is 1. The third-order valence-electron chi connectivity index (χ3n) is 6.47. The number of aliphatic hydroxyl groups excluding tert-OH is 1. The van der Waals surface area contributed by atoms with Crippen LogP contribution in [0.2, 0.25) is 5.02 Å². The van der Waals surface area contributed by atoms with Gasteiger partial charge in [0.2, 0.25) is 0 Å². The number of nitrogens with zero attached hydrogens (tertiary/aromatic N) is 2. The summed E-state index contributed by atoms with van der Waals surface area (Å²) in [5.74, 6) is -0.270. The quantitative estimate of drug-likeness (QED) is 0.118. The Hall–Kier alpha value is -4.08. The average Bonchev–Trinajstić information content (AvgIpc) is 3.50. The number of thiazole rings is 1. The number of benzene rings is 3. The average molecular weight is 593 g/mol. The Bertz CT molecular complexity index is 1630. The van der Waals surface area contributed by atoms with Crippen LogP contribution in [0.15, 0.2) is 66.2 Å². The van der Waals surface area contributed by atoms with E-state index >= 15 is 0 Å². The van der Waals surface area contributed by atoms with Crippen molar-refractivity contribution in [3.05, 3.63) is 82.4 Å². The van der Waals surface area contributed by atoms with Crippen LogP contribution in [-0.2, 0) is 9.59 Å². The fourth-order valence-electron chi connectivity index (χ4n) is 4.66. The van der Waals surface area contributed by atoms with Crippen LogP contribution >= 0.6 is 22.9 Å². The maximum absolute atomic E-state index is 13.6. The van der Waals surface area contributed by atoms with Gasteiger partial charge in [-0.15, -0.1) is 0 Å². The summed E-state index contributed by atoms with van der Waals surface area (Å²) < 4.78 is 18.0. The second-order valence-corrected chi connectivity index (χ2v) is 10.7. The summed E-state index contributed by atoms with van der Waals surface area (Å²) in [4.78, 5) is 33.2. The molecule has 1 saturated heterocycles. The highest BCUT2D eigenvalue weighted by Crippen LogP contribution is 2.46. The highest BCUT2D eigenvalue weighted by molar-refractivity contribution is 7.22. The van der Waals surface area contributed by atoms with Crippen LogP contribution < -0.4 is 19.1 Å². The predicted octanol–water partition coefficient (Wildman–Crippen LogP) is 7.16. The molecule has 1 unspecified atom stereocenters. The van der Waals surface area contributed by atoms with E-state index in [0.717, 1.165) is 11.1 Å². The standard InChI is InChI=1S/C31H29ClN2O6S/c1-4-15-40-21-11-7-18(8-12-21)28(35)26-27(19-9-14-23(38-5-2)24(16-19)39-6-3)34(30(37)29(26)36)31-33-22-13-10-20(32)17-25(22)41-31/h7-14,16-17,27,35H,4-6,15H2,1-3H3/b28-26+. The molecule has 1 fully saturated rings. The number of aromatic nitrogens is 1. The fraction of sp³-hybridized carbons (Fsp3) is 0.258. The molecule has 1 aromatic heterocycles. The SMILES string of the molecule is CCCOc1ccc(/C(O)=C2\C(=O)C(=O)N(c3nc4ccc(Cl)cc4s3)C2c2ccc(OCC)c(OCC)c2)cc1. The Balaban J connectivity index is 1.68. The van der Waals surface area contributed by atoms with Crippen LogP contribution in [0.1, 0.15) is 44.4 Å². The largest absolute Gasteiger partial charge is 0.507 e. The molecule has 10 heteroatoms. The van der Waals surface area contributed by atoms with Crippen LogP contribution in [0.5, 0.6) is 17.2 Å². The summed E-state index contributed by atoms with van der Waals surface area (Å²) >= 11 is 7.43. The number of ketones is 1. The molecule has 1 amide bonds. The monoisotopic (exact) mass is 592 g/mol. The molecule has 1 atom stereocenters. The number of ether oxygens (including phenoxy) is 3. The third-order valence-corrected chi connectivity index (χ3v) is 7.73. The van der Waals surface area contributed by atoms with Gasteiger partial charge >= 0.3 is 5.91 Å². The molecule has 8 nitrogen and oxygen atoms in total. The summed E-state index contributed by atoms with van der Waals surface area (Å²) in [5, 5.41) is 12.4. The van der Waals surface area contributed by atoms with Crippen molar-refractivity contribution in [3.8, 4) is 17.2 Å². The number of carbonyl (C=O) groups is 2. The molecule has 5 rings (SSSR count). The van der Waals surface area contributed by atoms with Crippen molar-refractivity contribution in [2.45, 2.75) is 33.2 Å². The fourth-order valence-corrected chi connectivity index (χ4v) is 5.93. The first-order chi connectivity index (χ1) is 19.9. The number of carbonyl (C=O) groups excluding carboxylic acids is 2. The van der Waals surface area contributed by atoms with E-state index in [1.54, 1.807) is 60.7 Å². The van der Waals surface area contributed by atoms with Gasteiger partial charge in [-0.2, -0.15) is 0 Å². The zero-order valence-corrected chi connectivity index (χ0v) is 24.4. The minimum atomic E-state index is -0.975. The topological polar surface area (TPSA) is 98.2 Å². The van der Waals surface area contributed by atoms with Crippen LogP contribution in [0, 0.1) is 0 Å². The molecule has 212 valence electrons. The van der Waals surface area contributed by atoms with E-state index in [1.807, 2.05) is 20.8 Å². The number of hydrogen-bond acceptors (Lipinski definition) is 8. The number of fused-ring (bicyclic) bond motifs is 1. The van der Waals surface area contributed by atoms with Crippen LogP contribution in [-0.4, -0.2) is 41.6 Å². The zero-order chi connectivity index (χ0) is 29.1. The van der Waals surface area contributed by atoms with Gasteiger partial charge < -0.3 is 19.3 Å². The van der Waals surface area contributed by atoms with E-state index in [4.69, 9.17) is 25.8 Å². The number of Topliss-reactive ketones (excluding diaryl/α,β-unsaturated/α-hetero) is 1. The van der Waals surface area contributed by atoms with Crippen molar-refractivity contribution in [2.75, 3.05) is 24.7 Å². The van der Waals surface area contributed by atoms with Gasteiger partial charge in [0.15, 0.2) is 16.6 Å². The Morgan fingerprint density at radius 2 is 1.68 bits per heavy atom. The van der Waals surface area contributed by atoms with Crippen molar-refractivity contribution in [3.63, 3.8) is 0 Å². The number of aliphatic hydroxyl groups is 1. The van der Waals surface area contributed by atoms with Gasteiger partial charge in [0.1, 0.15) is 11.5 Å². The lowest BCUT2D eigenvalue weighted by molar-refractivity contribution is -0.132. The first-order valence-corrected chi connectivity index (χ1v) is 14.6. The Labute approximate surface area is 246 Å². The molecule has 0 bridgehead atoms. The highest BCUT2D eigenvalue weighted by atomic mass is 35.5. The molecule has 2 heterocycles. The lowest BCUT2D eigenvalue weighted by Gasteiger charge is -2.24. The van der Waals surface area contributed by atoms with E-state index in [-0.39, 0.29) is 11.3 Å². The van der Waals surface area contributed by atoms with E-state index < -0.39 is 17.7 Å². The third kappa shape index (κ3) is 5.60. The predicted molar refractivity (Wildman–Crippen MR) is 160 cm³/mol. The van der Waals surface area contributed by atoms with Gasteiger partial charge in [0, 0.05) is 10.6 Å². The summed E-state index contributed by atoms with van der Waals surface area (Å²) in [6, 6.07) is 16.3. The first-order valence-electron chi connectivity index (χ1n) is 13.4. The van der Waals surface area contributed by atoms with Gasteiger partial charge in [-0.3, -0.25) is 14.5 Å². The van der Waals surface area contributed by atoms with Crippen molar-refractivity contribution >= 4 is 55.7 Å². The maximum atomic E-state index is 13.6. The summed E-state index contributed by atoms with van der Waals surface area (Å²) in [6.45, 7) is 7.12. The molecule has 0 saturated carbocycles. The van der Waals surface area contributed by atoms with Gasteiger partial charge in [-0.1, -0.05) is 35.9 Å². The number of halogens is 1. The van der Waals surface area contributed by atoms with Gasteiger partial charge in [0.05, 0.1) is 41.7 Å². The van der Waals surface area contributed by atoms with Crippen molar-refractivity contribution in [2.24, 2.45) is 0 Å². The molecule has 4 aromatic rings. The lowest BCUT2D eigenvalue weighted by atomic mass is 9.95. The molecule has 0 radical (unpaired) electrons. The molecule has 1 aliphatic rings. The van der Waals surface area contributed by atoms with Crippen molar-refractivity contribution in [1.82, 2.24) is 4.98 Å². The second-order valence-electron chi connectivity index (χ2n) is 9.22. The highest BCUT2D eigenvalue weighted by Gasteiger charge is 2.48. The maximum Gasteiger partial charge on any atom is 0.301 e. The Kier molecular flexibility index (Phi) is 8.46. The van der Waals surface area contributed by atoms with E-state index in [2.05, 4.69) is 4.98 Å². The molecule has 1 aliphatic heterocycles. The van der Waals surface area contributed by atoms with Gasteiger partial charge in [-0.05, 0) is 80.4 Å². The minimum absolute atomic E-state index is 0.0545. The van der Waals surface area contributed by atoms with Crippen LogP contribution in [0.3, 0.4) is 0 Å². The van der Waals surface area contributed by atoms with Crippen molar-refractivity contribution < 1.29 is 28.9 Å². The molecule has 0 aliphatic carbocycles. The second kappa shape index (κ2) is 12.2. The normalized spacial score (nSPS) is 16.4. The summed E-state index contributed by atoms with van der Waals surface area (Å²) in [5.41, 5.74) is 1.52. The Morgan fingerprint density at radius 1 is 0.951 bits per heavy atom. The van der Waals surface area contributed by atoms with Gasteiger partial charge in [-0.25, -0.2) is 4.98 Å². The van der Waals surface area contributed by atoms with Crippen LogP contribution in [0.4, 0.5) is 5.13 Å². The molecular weight excluding hydrogens is 564 g/mol. The minimum Gasteiger partial charge on any atom is -0.507 e. The van der Waals surface area contributed by atoms with E-state index in [0.29, 0.717) is 63.9 Å². The number of hydrogen-bond donors (Lipinski definition) is 1. The van der Waals surface area contributed by atoms with Gasteiger partial charge in [0.25, 0.3) is 5.78 Å². The zero-order valence-electron chi connectivity index (χ0n) is 22.8. The molecular formula is C31H29ClN2O6S. The molecule has 1 N–H and O–H groups in total. The summed E-state index contributed by atoms with van der Waals surface area (Å²) in [7, 11) is 0. The number of anilines is 1. The molecule has 3 aromatic carbocycles. The van der Waals surface area contributed by atoms with Crippen molar-refractivity contribution in [1.29, 1.82) is 0 Å². The molecule has 0 spiro atoms. The molecule has 41 heavy (non-hydrogen) atoms. The van der Waals surface area contributed by atoms with Crippen LogP contribution in [0.25, 0.3) is 16.0 Å². The lowest BCUT2D eigenvalue weighted by Crippen LogP contribution is -2.29. The summed E-state index contributed by atoms with van der Waals surface area (Å²) in [6.07, 6.45) is 0.856.